The van der Waals surface area contributed by atoms with Crippen LogP contribution in [0.2, 0.25) is 0 Å². The van der Waals surface area contributed by atoms with Gasteiger partial charge in [-0.1, -0.05) is 28.1 Å². The molecule has 88 valence electrons. The Hall–Kier alpha value is -1.62. The lowest BCUT2D eigenvalue weighted by Crippen LogP contribution is -2.19. The predicted octanol–water partition coefficient (Wildman–Crippen LogP) is 2.80. The van der Waals surface area contributed by atoms with Crippen LogP contribution in [0.1, 0.15) is 6.92 Å². The molecule has 17 heavy (non-hydrogen) atoms. The van der Waals surface area contributed by atoms with Gasteiger partial charge in [0.2, 0.25) is 5.91 Å². The summed E-state index contributed by atoms with van der Waals surface area (Å²) in [5.74, 6) is -0.0632. The molecular formula is C12H12BrN3O. The molecule has 0 aliphatic heterocycles. The number of hydrogen-bond donors (Lipinski definition) is 2. The zero-order valence-corrected chi connectivity index (χ0v) is 10.9. The number of carbonyl (C=O) groups is 1. The number of amides is 1. The van der Waals surface area contributed by atoms with Crippen LogP contribution < -0.4 is 5.32 Å². The molecule has 0 bridgehead atoms. The highest BCUT2D eigenvalue weighted by Gasteiger charge is 2.09. The number of rotatable bonds is 3. The number of benzene rings is 1. The first-order valence-electron chi connectivity index (χ1n) is 5.21. The quantitative estimate of drug-likeness (QED) is 0.855. The first kappa shape index (κ1) is 11.9. The molecule has 0 aliphatic rings. The molecule has 0 spiro atoms. The summed E-state index contributed by atoms with van der Waals surface area (Å²) in [4.78, 5) is 11.3. The molecule has 0 aliphatic carbocycles. The molecule has 1 heterocycles. The van der Waals surface area contributed by atoms with Gasteiger partial charge in [0.05, 0.1) is 10.5 Å². The SMILES string of the molecule is CC(Br)C(=O)Nc1cccc(-c2ccn[nH]2)c1. The maximum Gasteiger partial charge on any atom is 0.237 e. The van der Waals surface area contributed by atoms with Crippen molar-refractivity contribution in [2.75, 3.05) is 5.32 Å². The summed E-state index contributed by atoms with van der Waals surface area (Å²) < 4.78 is 0. The van der Waals surface area contributed by atoms with Crippen molar-refractivity contribution in [3.05, 3.63) is 36.5 Å². The maximum absolute atomic E-state index is 11.5. The summed E-state index contributed by atoms with van der Waals surface area (Å²) in [6, 6.07) is 9.49. The van der Waals surface area contributed by atoms with Gasteiger partial charge in [-0.2, -0.15) is 5.10 Å². The number of alkyl halides is 1. The number of nitrogens with zero attached hydrogens (tertiary/aromatic N) is 1. The van der Waals surface area contributed by atoms with Crippen molar-refractivity contribution in [3.8, 4) is 11.3 Å². The Kier molecular flexibility index (Phi) is 3.58. The summed E-state index contributed by atoms with van der Waals surface area (Å²) in [7, 11) is 0. The third-order valence-electron chi connectivity index (χ3n) is 2.30. The molecule has 1 amide bonds. The number of carbonyl (C=O) groups excluding carboxylic acids is 1. The molecule has 1 unspecified atom stereocenters. The van der Waals surface area contributed by atoms with E-state index in [1.165, 1.54) is 0 Å². The second kappa shape index (κ2) is 5.14. The Balaban J connectivity index is 2.20. The number of hydrogen-bond acceptors (Lipinski definition) is 2. The summed E-state index contributed by atoms with van der Waals surface area (Å²) >= 11 is 3.23. The van der Waals surface area contributed by atoms with Gasteiger partial charge >= 0.3 is 0 Å². The topological polar surface area (TPSA) is 57.8 Å². The van der Waals surface area contributed by atoms with Crippen molar-refractivity contribution in [2.24, 2.45) is 0 Å². The first-order valence-corrected chi connectivity index (χ1v) is 6.13. The molecule has 4 nitrogen and oxygen atoms in total. The minimum absolute atomic E-state index is 0.0632. The average Bonchev–Trinajstić information content (AvgIpc) is 2.82. The normalized spacial score (nSPS) is 12.1. The van der Waals surface area contributed by atoms with Crippen molar-refractivity contribution < 1.29 is 4.79 Å². The number of halogens is 1. The second-order valence-corrected chi connectivity index (χ2v) is 5.03. The molecule has 2 N–H and O–H groups in total. The van der Waals surface area contributed by atoms with E-state index in [4.69, 9.17) is 0 Å². The number of aromatic amines is 1. The second-order valence-electron chi connectivity index (χ2n) is 3.66. The van der Waals surface area contributed by atoms with Crippen LogP contribution in [0.3, 0.4) is 0 Å². The Bertz CT molecular complexity index is 508. The van der Waals surface area contributed by atoms with E-state index in [2.05, 4.69) is 31.4 Å². The van der Waals surface area contributed by atoms with Crippen molar-refractivity contribution in [3.63, 3.8) is 0 Å². The molecule has 1 atom stereocenters. The Morgan fingerprint density at radius 3 is 2.94 bits per heavy atom. The molecule has 2 aromatic rings. The van der Waals surface area contributed by atoms with E-state index in [0.29, 0.717) is 0 Å². The molecule has 5 heteroatoms. The predicted molar refractivity (Wildman–Crippen MR) is 71.0 cm³/mol. The third kappa shape index (κ3) is 2.94. The zero-order chi connectivity index (χ0) is 12.3. The van der Waals surface area contributed by atoms with Gasteiger partial charge in [0.15, 0.2) is 0 Å². The highest BCUT2D eigenvalue weighted by atomic mass is 79.9. The Labute approximate surface area is 108 Å². The smallest absolute Gasteiger partial charge is 0.237 e. The fraction of sp³-hybridized carbons (Fsp3) is 0.167. The van der Waals surface area contributed by atoms with Crippen LogP contribution in [-0.4, -0.2) is 20.9 Å². The van der Waals surface area contributed by atoms with Crippen LogP contribution in [0.15, 0.2) is 36.5 Å². The van der Waals surface area contributed by atoms with Crippen LogP contribution in [0.5, 0.6) is 0 Å². The number of aromatic nitrogens is 2. The average molecular weight is 294 g/mol. The molecule has 0 saturated heterocycles. The van der Waals surface area contributed by atoms with Crippen LogP contribution in [0.25, 0.3) is 11.3 Å². The minimum atomic E-state index is -0.210. The van der Waals surface area contributed by atoms with Gasteiger partial charge in [-0.3, -0.25) is 9.89 Å². The summed E-state index contributed by atoms with van der Waals surface area (Å²) in [5, 5.41) is 9.61. The van der Waals surface area contributed by atoms with Crippen LogP contribution >= 0.6 is 15.9 Å². The van der Waals surface area contributed by atoms with Crippen molar-refractivity contribution in [1.29, 1.82) is 0 Å². The fourth-order valence-electron chi connectivity index (χ4n) is 1.42. The van der Waals surface area contributed by atoms with Gasteiger partial charge in [0.1, 0.15) is 0 Å². The first-order chi connectivity index (χ1) is 8.16. The minimum Gasteiger partial charge on any atom is -0.325 e. The molecule has 2 rings (SSSR count). The van der Waals surface area contributed by atoms with Crippen molar-refractivity contribution in [2.45, 2.75) is 11.8 Å². The molecule has 0 radical (unpaired) electrons. The molecule has 0 saturated carbocycles. The van der Waals surface area contributed by atoms with E-state index in [1.54, 1.807) is 13.1 Å². The molecular weight excluding hydrogens is 282 g/mol. The molecule has 1 aromatic carbocycles. The highest BCUT2D eigenvalue weighted by molar-refractivity contribution is 9.10. The lowest BCUT2D eigenvalue weighted by Gasteiger charge is -2.07. The summed E-state index contributed by atoms with van der Waals surface area (Å²) in [6.45, 7) is 1.79. The number of H-pyrrole nitrogens is 1. The van der Waals surface area contributed by atoms with Crippen LogP contribution in [0.4, 0.5) is 5.69 Å². The summed E-state index contributed by atoms with van der Waals surface area (Å²) in [6.07, 6.45) is 1.70. The van der Waals surface area contributed by atoms with E-state index in [9.17, 15) is 4.79 Å². The standard InChI is InChI=1S/C12H12BrN3O/c1-8(13)12(17)15-10-4-2-3-9(7-10)11-5-6-14-16-11/h2-8H,1H3,(H,14,16)(H,15,17). The largest absolute Gasteiger partial charge is 0.325 e. The zero-order valence-electron chi connectivity index (χ0n) is 9.27. The van der Waals surface area contributed by atoms with Gasteiger partial charge < -0.3 is 5.32 Å². The van der Waals surface area contributed by atoms with Gasteiger partial charge in [-0.05, 0) is 25.1 Å². The van der Waals surface area contributed by atoms with E-state index in [1.807, 2.05) is 30.3 Å². The van der Waals surface area contributed by atoms with Gasteiger partial charge in [0.25, 0.3) is 0 Å². The maximum atomic E-state index is 11.5. The monoisotopic (exact) mass is 293 g/mol. The highest BCUT2D eigenvalue weighted by Crippen LogP contribution is 2.20. The van der Waals surface area contributed by atoms with Crippen molar-refractivity contribution in [1.82, 2.24) is 10.2 Å². The van der Waals surface area contributed by atoms with Gasteiger partial charge in [-0.15, -0.1) is 0 Å². The van der Waals surface area contributed by atoms with Gasteiger partial charge in [-0.25, -0.2) is 0 Å². The van der Waals surface area contributed by atoms with E-state index in [-0.39, 0.29) is 10.7 Å². The Morgan fingerprint density at radius 1 is 1.47 bits per heavy atom. The third-order valence-corrected chi connectivity index (χ3v) is 2.72. The molecule has 1 aromatic heterocycles. The van der Waals surface area contributed by atoms with Crippen LogP contribution in [0, 0.1) is 0 Å². The van der Waals surface area contributed by atoms with E-state index in [0.717, 1.165) is 16.9 Å². The molecule has 0 fully saturated rings. The van der Waals surface area contributed by atoms with Crippen LogP contribution in [-0.2, 0) is 4.79 Å². The lowest BCUT2D eigenvalue weighted by molar-refractivity contribution is -0.115. The Morgan fingerprint density at radius 2 is 2.29 bits per heavy atom. The van der Waals surface area contributed by atoms with Gasteiger partial charge in [0, 0.05) is 17.4 Å². The summed E-state index contributed by atoms with van der Waals surface area (Å²) in [5.41, 5.74) is 2.68. The van der Waals surface area contributed by atoms with E-state index >= 15 is 0 Å². The fourth-order valence-corrected chi connectivity index (χ4v) is 1.54. The number of nitrogens with one attached hydrogen (secondary N) is 2. The number of anilines is 1. The van der Waals surface area contributed by atoms with Crippen molar-refractivity contribution >= 4 is 27.5 Å². The van der Waals surface area contributed by atoms with E-state index < -0.39 is 0 Å². The lowest BCUT2D eigenvalue weighted by atomic mass is 10.1.